The number of ether oxygens (including phenoxy) is 1. The summed E-state index contributed by atoms with van der Waals surface area (Å²) < 4.78 is 5.32. The molecule has 23 heavy (non-hydrogen) atoms. The predicted molar refractivity (Wildman–Crippen MR) is 93.7 cm³/mol. The number of carbonyl (C=O) groups excluding carboxylic acids is 1. The van der Waals surface area contributed by atoms with Crippen LogP contribution in [-0.4, -0.2) is 66.0 Å². The van der Waals surface area contributed by atoms with Crippen LogP contribution in [-0.2, 0) is 4.74 Å². The third-order valence-electron chi connectivity index (χ3n) is 3.95. The van der Waals surface area contributed by atoms with E-state index >= 15 is 0 Å². The van der Waals surface area contributed by atoms with Gasteiger partial charge < -0.3 is 15.1 Å². The van der Waals surface area contributed by atoms with Crippen molar-refractivity contribution in [2.75, 3.05) is 27.2 Å². The summed E-state index contributed by atoms with van der Waals surface area (Å²) in [6, 6.07) is 0.134. The van der Waals surface area contributed by atoms with E-state index in [1.807, 2.05) is 52.2 Å². The molecular formula is C17H32N4O2. The van der Waals surface area contributed by atoms with Crippen molar-refractivity contribution in [3.63, 3.8) is 0 Å². The molecular weight excluding hydrogens is 292 g/mol. The van der Waals surface area contributed by atoms with Crippen LogP contribution >= 0.6 is 0 Å². The van der Waals surface area contributed by atoms with Gasteiger partial charge >= 0.3 is 6.09 Å². The van der Waals surface area contributed by atoms with Crippen molar-refractivity contribution in [2.24, 2.45) is 0 Å². The van der Waals surface area contributed by atoms with Crippen molar-refractivity contribution >= 4 is 6.09 Å². The van der Waals surface area contributed by atoms with Gasteiger partial charge in [0.05, 0.1) is 6.17 Å². The molecule has 0 saturated carbocycles. The molecule has 0 bridgehead atoms. The Kier molecular flexibility index (Phi) is 7.09. The quantitative estimate of drug-likeness (QED) is 0.600. The molecule has 1 rings (SSSR count). The van der Waals surface area contributed by atoms with Crippen LogP contribution < -0.4 is 5.32 Å². The number of likely N-dealkylation sites (tertiary alicyclic amines) is 1. The minimum Gasteiger partial charge on any atom is -0.444 e. The van der Waals surface area contributed by atoms with Crippen LogP contribution in [0.25, 0.3) is 0 Å². The maximum Gasteiger partial charge on any atom is 0.407 e. The Balaban J connectivity index is 2.48. The van der Waals surface area contributed by atoms with E-state index in [1.54, 1.807) is 6.08 Å². The number of rotatable bonds is 6. The summed E-state index contributed by atoms with van der Waals surface area (Å²) in [4.78, 5) is 14.2. The normalized spacial score (nSPS) is 20.7. The van der Waals surface area contributed by atoms with Crippen molar-refractivity contribution in [3.8, 4) is 0 Å². The van der Waals surface area contributed by atoms with Crippen molar-refractivity contribution < 1.29 is 9.53 Å². The molecule has 1 N–H and O–H groups in total. The molecule has 1 fully saturated rings. The third-order valence-corrected chi connectivity index (χ3v) is 3.95. The van der Waals surface area contributed by atoms with E-state index in [2.05, 4.69) is 28.7 Å². The molecule has 0 aromatic rings. The topological polar surface area (TPSA) is 48.0 Å². The highest BCUT2D eigenvalue weighted by Gasteiger charge is 2.30. The van der Waals surface area contributed by atoms with Crippen LogP contribution in [0.1, 0.15) is 34.1 Å². The first-order valence-electron chi connectivity index (χ1n) is 8.12. The zero-order valence-electron chi connectivity index (χ0n) is 15.4. The first-order valence-corrected chi connectivity index (χ1v) is 8.12. The van der Waals surface area contributed by atoms with Crippen molar-refractivity contribution in [1.29, 1.82) is 0 Å². The van der Waals surface area contributed by atoms with E-state index in [0.717, 1.165) is 19.5 Å². The lowest BCUT2D eigenvalue weighted by Crippen LogP contribution is -2.50. The fourth-order valence-corrected chi connectivity index (χ4v) is 2.51. The maximum absolute atomic E-state index is 11.9. The second-order valence-electron chi connectivity index (χ2n) is 6.98. The molecule has 1 heterocycles. The minimum absolute atomic E-state index is 0.134. The van der Waals surface area contributed by atoms with Gasteiger partial charge in [-0.2, -0.15) is 0 Å². The highest BCUT2D eigenvalue weighted by Crippen LogP contribution is 2.16. The SMILES string of the molecule is C=C/C=C/N(C)N(C)C(C)N1CCC(NC(=O)OC(C)(C)C)C1. The lowest BCUT2D eigenvalue weighted by molar-refractivity contribution is -0.0337. The Hall–Kier alpha value is -1.53. The van der Waals surface area contributed by atoms with Gasteiger partial charge in [0, 0.05) is 39.4 Å². The second-order valence-corrected chi connectivity index (χ2v) is 6.98. The average Bonchev–Trinajstić information content (AvgIpc) is 2.89. The molecule has 6 heteroatoms. The Morgan fingerprint density at radius 3 is 2.65 bits per heavy atom. The molecule has 1 saturated heterocycles. The zero-order chi connectivity index (χ0) is 17.6. The fourth-order valence-electron chi connectivity index (χ4n) is 2.51. The maximum atomic E-state index is 11.9. The summed E-state index contributed by atoms with van der Waals surface area (Å²) in [5.74, 6) is 0. The molecule has 2 atom stereocenters. The van der Waals surface area contributed by atoms with Crippen LogP contribution in [0.4, 0.5) is 4.79 Å². The van der Waals surface area contributed by atoms with Crippen LogP contribution in [0.15, 0.2) is 24.9 Å². The summed E-state index contributed by atoms with van der Waals surface area (Å²) in [7, 11) is 4.05. The Morgan fingerprint density at radius 1 is 1.43 bits per heavy atom. The molecule has 2 unspecified atom stereocenters. The number of hydrazine groups is 1. The van der Waals surface area contributed by atoms with Gasteiger partial charge in [-0.3, -0.25) is 4.90 Å². The molecule has 0 aromatic heterocycles. The highest BCUT2D eigenvalue weighted by atomic mass is 16.6. The van der Waals surface area contributed by atoms with E-state index in [9.17, 15) is 4.79 Å². The molecule has 0 aliphatic carbocycles. The predicted octanol–water partition coefficient (Wildman–Crippen LogP) is 2.41. The molecule has 0 spiro atoms. The zero-order valence-corrected chi connectivity index (χ0v) is 15.4. The van der Waals surface area contributed by atoms with E-state index in [1.165, 1.54) is 0 Å². The molecule has 132 valence electrons. The number of hydrogen-bond donors (Lipinski definition) is 1. The molecule has 0 radical (unpaired) electrons. The summed E-state index contributed by atoms with van der Waals surface area (Å²) in [5.41, 5.74) is -0.462. The number of amides is 1. The molecule has 1 aliphatic rings. The Labute approximate surface area is 140 Å². The van der Waals surface area contributed by atoms with E-state index in [-0.39, 0.29) is 18.3 Å². The molecule has 0 aromatic carbocycles. The number of alkyl carbamates (subject to hydrolysis) is 1. The summed E-state index contributed by atoms with van der Waals surface area (Å²) in [5, 5.41) is 7.14. The molecule has 6 nitrogen and oxygen atoms in total. The van der Waals surface area contributed by atoms with Crippen LogP contribution in [0.2, 0.25) is 0 Å². The number of carbonyl (C=O) groups is 1. The summed E-state index contributed by atoms with van der Waals surface area (Å²) >= 11 is 0. The number of allylic oxidation sites excluding steroid dienone is 2. The second kappa shape index (κ2) is 8.36. The number of nitrogens with zero attached hydrogens (tertiary/aromatic N) is 3. The largest absolute Gasteiger partial charge is 0.444 e. The minimum atomic E-state index is -0.462. The standard InChI is InChI=1S/C17H32N4O2/c1-8-9-11-19(6)20(7)14(2)21-12-10-15(13-21)18-16(22)23-17(3,4)5/h8-9,11,14-15H,1,10,12-13H2,2-7H3,(H,18,22)/b11-9+. The molecule has 1 aliphatic heterocycles. The van der Waals surface area contributed by atoms with Gasteiger partial charge in [-0.15, -0.1) is 0 Å². The van der Waals surface area contributed by atoms with Gasteiger partial charge in [-0.05, 0) is 40.2 Å². The monoisotopic (exact) mass is 324 g/mol. The van der Waals surface area contributed by atoms with Crippen molar-refractivity contribution in [3.05, 3.63) is 24.9 Å². The van der Waals surface area contributed by atoms with E-state index < -0.39 is 5.60 Å². The Bertz CT molecular complexity index is 431. The summed E-state index contributed by atoms with van der Waals surface area (Å²) in [6.45, 7) is 13.2. The van der Waals surface area contributed by atoms with E-state index in [4.69, 9.17) is 4.74 Å². The van der Waals surface area contributed by atoms with Crippen LogP contribution in [0.3, 0.4) is 0 Å². The average molecular weight is 324 g/mol. The smallest absolute Gasteiger partial charge is 0.407 e. The van der Waals surface area contributed by atoms with Gasteiger partial charge in [-0.1, -0.05) is 12.7 Å². The van der Waals surface area contributed by atoms with Gasteiger partial charge in [0.1, 0.15) is 5.60 Å². The lowest BCUT2D eigenvalue weighted by Gasteiger charge is -2.37. The fraction of sp³-hybridized carbons (Fsp3) is 0.706. The molecule has 1 amide bonds. The number of nitrogens with one attached hydrogen (secondary N) is 1. The Morgan fingerprint density at radius 2 is 2.09 bits per heavy atom. The van der Waals surface area contributed by atoms with Crippen molar-refractivity contribution in [1.82, 2.24) is 20.2 Å². The van der Waals surface area contributed by atoms with Crippen LogP contribution in [0, 0.1) is 0 Å². The summed E-state index contributed by atoms with van der Waals surface area (Å²) in [6.07, 6.45) is 6.46. The first kappa shape index (κ1) is 19.5. The van der Waals surface area contributed by atoms with Gasteiger partial charge in [-0.25, -0.2) is 9.80 Å². The van der Waals surface area contributed by atoms with Crippen molar-refractivity contribution in [2.45, 2.75) is 51.9 Å². The third kappa shape index (κ3) is 6.62. The van der Waals surface area contributed by atoms with Gasteiger partial charge in [0.25, 0.3) is 0 Å². The van der Waals surface area contributed by atoms with Gasteiger partial charge in [0.15, 0.2) is 0 Å². The van der Waals surface area contributed by atoms with Gasteiger partial charge in [0.2, 0.25) is 0 Å². The first-order chi connectivity index (χ1) is 10.6. The highest BCUT2D eigenvalue weighted by molar-refractivity contribution is 5.68. The lowest BCUT2D eigenvalue weighted by atomic mass is 10.2. The number of hydrogen-bond acceptors (Lipinski definition) is 5. The van der Waals surface area contributed by atoms with Crippen LogP contribution in [0.5, 0.6) is 0 Å². The van der Waals surface area contributed by atoms with E-state index in [0.29, 0.717) is 0 Å².